The summed E-state index contributed by atoms with van der Waals surface area (Å²) in [4.78, 5) is 15.8. The monoisotopic (exact) mass is 511 g/mol. The molecule has 2 fully saturated rings. The highest BCUT2D eigenvalue weighted by Crippen LogP contribution is 2.40. The van der Waals surface area contributed by atoms with Crippen LogP contribution in [0, 0.1) is 28.9 Å². The highest BCUT2D eigenvalue weighted by molar-refractivity contribution is 5.77. The highest BCUT2D eigenvalue weighted by atomic mass is 19.1. The fourth-order valence-electron chi connectivity index (χ4n) is 5.98. The molecule has 194 valence electrons. The smallest absolute Gasteiger partial charge is 0.221 e. The standard InChI is InChI=1S/C32H31F2N3O/c33-27-11-7-25(8-12-27)32(26-9-13-28(34)14-10-26)36-31(38)20-24-18-29-15-16-30(19-24)37(29)17-1-2-22-3-5-23(21-35)6-4-22/h1-14,24,29-30,32H,15-20H2,(H,36,38)/b2-1+/t24?,29-,30+. The van der Waals surface area contributed by atoms with Crippen LogP contribution >= 0.6 is 0 Å². The minimum atomic E-state index is -0.465. The average Bonchev–Trinajstić information content (AvgIpc) is 3.16. The molecule has 1 amide bonds. The minimum absolute atomic E-state index is 0.0396. The van der Waals surface area contributed by atoms with Crippen LogP contribution < -0.4 is 5.32 Å². The van der Waals surface area contributed by atoms with E-state index in [1.54, 1.807) is 24.3 Å². The Balaban J connectivity index is 1.19. The number of carbonyl (C=O) groups is 1. The van der Waals surface area contributed by atoms with E-state index >= 15 is 0 Å². The Hall–Kier alpha value is -3.82. The predicted octanol–water partition coefficient (Wildman–Crippen LogP) is 6.39. The van der Waals surface area contributed by atoms with Crippen molar-refractivity contribution in [2.45, 2.75) is 50.2 Å². The number of benzene rings is 3. The van der Waals surface area contributed by atoms with Gasteiger partial charge in [-0.25, -0.2) is 8.78 Å². The first-order valence-electron chi connectivity index (χ1n) is 13.2. The Bertz CT molecular complexity index is 1250. The molecule has 2 heterocycles. The molecule has 4 nitrogen and oxygen atoms in total. The molecule has 3 atom stereocenters. The molecule has 38 heavy (non-hydrogen) atoms. The molecular formula is C32H31F2N3O. The predicted molar refractivity (Wildman–Crippen MR) is 144 cm³/mol. The van der Waals surface area contributed by atoms with E-state index in [0.717, 1.165) is 48.9 Å². The Morgan fingerprint density at radius 3 is 2.00 bits per heavy atom. The molecule has 5 rings (SSSR count). The Morgan fingerprint density at radius 1 is 0.921 bits per heavy atom. The molecule has 6 heteroatoms. The number of rotatable bonds is 8. The van der Waals surface area contributed by atoms with Crippen molar-refractivity contribution >= 4 is 12.0 Å². The van der Waals surface area contributed by atoms with Crippen molar-refractivity contribution < 1.29 is 13.6 Å². The molecule has 2 aliphatic rings. The van der Waals surface area contributed by atoms with Crippen LogP contribution in [-0.2, 0) is 4.79 Å². The van der Waals surface area contributed by atoms with Crippen molar-refractivity contribution in [2.75, 3.05) is 6.54 Å². The first-order valence-corrected chi connectivity index (χ1v) is 13.2. The molecular weight excluding hydrogens is 480 g/mol. The molecule has 1 N–H and O–H groups in total. The van der Waals surface area contributed by atoms with Crippen LogP contribution in [0.4, 0.5) is 8.78 Å². The van der Waals surface area contributed by atoms with Gasteiger partial charge in [0.05, 0.1) is 17.7 Å². The minimum Gasteiger partial charge on any atom is -0.345 e. The second-order valence-electron chi connectivity index (χ2n) is 10.4. The summed E-state index contributed by atoms with van der Waals surface area (Å²) in [6, 6.07) is 22.3. The highest BCUT2D eigenvalue weighted by Gasteiger charge is 2.40. The van der Waals surface area contributed by atoms with Crippen molar-refractivity contribution in [2.24, 2.45) is 5.92 Å². The Kier molecular flexibility index (Phi) is 7.95. The van der Waals surface area contributed by atoms with E-state index in [4.69, 9.17) is 5.26 Å². The number of halogens is 2. The molecule has 0 radical (unpaired) electrons. The van der Waals surface area contributed by atoms with Gasteiger partial charge in [0.25, 0.3) is 0 Å². The molecule has 0 aromatic heterocycles. The number of hydrogen-bond acceptors (Lipinski definition) is 3. The molecule has 3 aromatic carbocycles. The second kappa shape index (κ2) is 11.7. The summed E-state index contributed by atoms with van der Waals surface area (Å²) in [5.41, 5.74) is 3.26. The average molecular weight is 512 g/mol. The lowest BCUT2D eigenvalue weighted by Crippen LogP contribution is -2.44. The van der Waals surface area contributed by atoms with Crippen LogP contribution in [0.3, 0.4) is 0 Å². The largest absolute Gasteiger partial charge is 0.345 e. The molecule has 2 bridgehead atoms. The van der Waals surface area contributed by atoms with Gasteiger partial charge in [0.1, 0.15) is 11.6 Å². The maximum atomic E-state index is 13.5. The number of nitrogens with one attached hydrogen (secondary N) is 1. The SMILES string of the molecule is N#Cc1ccc(/C=C/CN2[C@@H]3CC[C@H]2CC(CC(=O)NC(c2ccc(F)cc2)c2ccc(F)cc2)C3)cc1. The van der Waals surface area contributed by atoms with E-state index in [9.17, 15) is 13.6 Å². The number of carbonyl (C=O) groups excluding carboxylic acids is 1. The van der Waals surface area contributed by atoms with Gasteiger partial charge in [0.15, 0.2) is 0 Å². The Morgan fingerprint density at radius 2 is 1.47 bits per heavy atom. The van der Waals surface area contributed by atoms with E-state index in [0.29, 0.717) is 30.0 Å². The first kappa shape index (κ1) is 25.8. The third-order valence-electron chi connectivity index (χ3n) is 7.83. The lowest BCUT2D eigenvalue weighted by Gasteiger charge is -2.38. The zero-order chi connectivity index (χ0) is 26.5. The zero-order valence-corrected chi connectivity index (χ0v) is 21.2. The van der Waals surface area contributed by atoms with Gasteiger partial charge >= 0.3 is 0 Å². The van der Waals surface area contributed by atoms with Crippen LogP contribution in [-0.4, -0.2) is 29.4 Å². The van der Waals surface area contributed by atoms with Crippen molar-refractivity contribution in [3.05, 3.63) is 113 Å². The van der Waals surface area contributed by atoms with E-state index in [2.05, 4.69) is 28.4 Å². The number of nitrogens with zero attached hydrogens (tertiary/aromatic N) is 2. The van der Waals surface area contributed by atoms with Crippen LogP contribution in [0.15, 0.2) is 78.9 Å². The summed E-state index contributed by atoms with van der Waals surface area (Å²) in [5.74, 6) is -0.408. The number of fused-ring (bicyclic) bond motifs is 2. The molecule has 0 spiro atoms. The van der Waals surface area contributed by atoms with Gasteiger partial charge in [0, 0.05) is 25.0 Å². The molecule has 2 saturated heterocycles. The van der Waals surface area contributed by atoms with E-state index in [-0.39, 0.29) is 17.5 Å². The summed E-state index contributed by atoms with van der Waals surface area (Å²) in [6.45, 7) is 0.880. The summed E-state index contributed by atoms with van der Waals surface area (Å²) < 4.78 is 27.0. The van der Waals surface area contributed by atoms with Crippen LogP contribution in [0.5, 0.6) is 0 Å². The molecule has 1 unspecified atom stereocenters. The number of piperidine rings is 1. The molecule has 3 aromatic rings. The topological polar surface area (TPSA) is 56.1 Å². The third-order valence-corrected chi connectivity index (χ3v) is 7.83. The quantitative estimate of drug-likeness (QED) is 0.381. The van der Waals surface area contributed by atoms with Crippen molar-refractivity contribution in [1.29, 1.82) is 5.26 Å². The van der Waals surface area contributed by atoms with Crippen molar-refractivity contribution in [3.63, 3.8) is 0 Å². The fraction of sp³-hybridized carbons (Fsp3) is 0.312. The molecule has 0 aliphatic carbocycles. The van der Waals surface area contributed by atoms with E-state index in [1.807, 2.05) is 24.3 Å². The summed E-state index contributed by atoms with van der Waals surface area (Å²) in [6.07, 6.45) is 9.03. The van der Waals surface area contributed by atoms with Gasteiger partial charge < -0.3 is 5.32 Å². The van der Waals surface area contributed by atoms with Crippen molar-refractivity contribution in [1.82, 2.24) is 10.2 Å². The molecule has 0 saturated carbocycles. The number of nitriles is 1. The zero-order valence-electron chi connectivity index (χ0n) is 21.2. The third kappa shape index (κ3) is 6.17. The normalized spacial score (nSPS) is 21.1. The lowest BCUT2D eigenvalue weighted by atomic mass is 9.87. The summed E-state index contributed by atoms with van der Waals surface area (Å²) >= 11 is 0. The van der Waals surface area contributed by atoms with Gasteiger partial charge in [0.2, 0.25) is 5.91 Å². The first-order chi connectivity index (χ1) is 18.5. The van der Waals surface area contributed by atoms with Gasteiger partial charge in [-0.3, -0.25) is 9.69 Å². The van der Waals surface area contributed by atoms with Crippen LogP contribution in [0.25, 0.3) is 6.08 Å². The molecule has 2 aliphatic heterocycles. The van der Waals surface area contributed by atoms with Gasteiger partial charge in [-0.05, 0) is 84.7 Å². The maximum absolute atomic E-state index is 13.5. The van der Waals surface area contributed by atoms with Gasteiger partial charge in [-0.1, -0.05) is 48.6 Å². The van der Waals surface area contributed by atoms with E-state index in [1.165, 1.54) is 24.3 Å². The fourth-order valence-corrected chi connectivity index (χ4v) is 5.98. The van der Waals surface area contributed by atoms with Gasteiger partial charge in [-0.2, -0.15) is 5.26 Å². The van der Waals surface area contributed by atoms with Crippen LogP contribution in [0.1, 0.15) is 60.4 Å². The summed E-state index contributed by atoms with van der Waals surface area (Å²) in [7, 11) is 0. The van der Waals surface area contributed by atoms with Gasteiger partial charge in [-0.15, -0.1) is 0 Å². The number of hydrogen-bond donors (Lipinski definition) is 1. The van der Waals surface area contributed by atoms with E-state index < -0.39 is 6.04 Å². The second-order valence-corrected chi connectivity index (χ2v) is 10.4. The number of amides is 1. The Labute approximate surface area is 222 Å². The van der Waals surface area contributed by atoms with Crippen molar-refractivity contribution in [3.8, 4) is 6.07 Å². The lowest BCUT2D eigenvalue weighted by molar-refractivity contribution is -0.123. The van der Waals surface area contributed by atoms with Crippen LogP contribution in [0.2, 0.25) is 0 Å². The summed E-state index contributed by atoms with van der Waals surface area (Å²) in [5, 5.41) is 12.1. The maximum Gasteiger partial charge on any atom is 0.221 e.